The Morgan fingerprint density at radius 1 is 1.41 bits per heavy atom. The zero-order valence-electron chi connectivity index (χ0n) is 12.3. The molecule has 2 aliphatic heterocycles. The van der Waals surface area contributed by atoms with Crippen LogP contribution in [-0.4, -0.2) is 48.4 Å². The van der Waals surface area contributed by atoms with E-state index in [1.54, 1.807) is 38.1 Å². The molecule has 0 radical (unpaired) electrons. The molecule has 1 N–H and O–H groups in total. The number of rotatable bonds is 4. The number of para-hydroxylation sites is 1. The largest absolute Gasteiger partial charge is 0.490 e. The molecule has 1 aromatic carbocycles. The maximum absolute atomic E-state index is 12.6. The lowest BCUT2D eigenvalue weighted by Gasteiger charge is -2.45. The number of β-lactam (4-membered cyclic amide) rings is 1. The summed E-state index contributed by atoms with van der Waals surface area (Å²) in [6.07, 6.45) is 0.135. The maximum Gasteiger partial charge on any atom is 0.334 e. The summed E-state index contributed by atoms with van der Waals surface area (Å²) in [5, 5.41) is 9.30. The van der Waals surface area contributed by atoms with Gasteiger partial charge in [-0.15, -0.1) is 0 Å². The Balaban J connectivity index is 1.98. The third-order valence-corrected chi connectivity index (χ3v) is 6.82. The van der Waals surface area contributed by atoms with Gasteiger partial charge in [0.05, 0.1) is 22.0 Å². The van der Waals surface area contributed by atoms with E-state index in [1.165, 1.54) is 4.90 Å². The van der Waals surface area contributed by atoms with Gasteiger partial charge in [0, 0.05) is 0 Å². The quantitative estimate of drug-likeness (QED) is 0.835. The van der Waals surface area contributed by atoms with Gasteiger partial charge >= 0.3 is 5.97 Å². The summed E-state index contributed by atoms with van der Waals surface area (Å²) in [5.74, 6) is -0.957. The van der Waals surface area contributed by atoms with Crippen LogP contribution in [0.15, 0.2) is 30.3 Å². The molecule has 1 aromatic rings. The lowest BCUT2D eigenvalue weighted by Crippen LogP contribution is -2.69. The maximum atomic E-state index is 12.6. The summed E-state index contributed by atoms with van der Waals surface area (Å²) in [6, 6.07) is 8.80. The van der Waals surface area contributed by atoms with Gasteiger partial charge in [-0.1, -0.05) is 18.2 Å². The minimum atomic E-state index is -1.62. The van der Waals surface area contributed by atoms with E-state index in [0.717, 1.165) is 0 Å². The Labute approximate surface area is 130 Å². The van der Waals surface area contributed by atoms with Gasteiger partial charge in [-0.2, -0.15) is 0 Å². The number of fused-ring (bicyclic) bond motifs is 1. The fourth-order valence-electron chi connectivity index (χ4n) is 3.18. The molecule has 22 heavy (non-hydrogen) atoms. The summed E-state index contributed by atoms with van der Waals surface area (Å²) in [6.45, 7) is 3.02. The van der Waals surface area contributed by atoms with Gasteiger partial charge in [-0.25, -0.2) is 4.79 Å². The molecule has 1 amide bonds. The topological polar surface area (TPSA) is 83.9 Å². The van der Waals surface area contributed by atoms with Gasteiger partial charge in [0.1, 0.15) is 17.7 Å². The van der Waals surface area contributed by atoms with Crippen LogP contribution in [0.25, 0.3) is 0 Å². The summed E-state index contributed by atoms with van der Waals surface area (Å²) in [5.41, 5.74) is -1.62. The molecule has 1 unspecified atom stereocenters. The number of hydrogen-bond acceptors (Lipinski definition) is 4. The SMILES string of the molecule is CC1(C)S(=O)[C@@H]2CC(=O)N2[C@@]1(COc1ccccc1)C(=O)O. The molecule has 118 valence electrons. The highest BCUT2D eigenvalue weighted by molar-refractivity contribution is 7.87. The minimum absolute atomic E-state index is 0.135. The first-order valence-electron chi connectivity index (χ1n) is 6.96. The lowest BCUT2D eigenvalue weighted by molar-refractivity contribution is -0.171. The van der Waals surface area contributed by atoms with Gasteiger partial charge in [0.25, 0.3) is 0 Å². The van der Waals surface area contributed by atoms with Crippen molar-refractivity contribution in [2.24, 2.45) is 0 Å². The molecule has 6 nitrogen and oxygen atoms in total. The van der Waals surface area contributed by atoms with Crippen molar-refractivity contribution in [1.82, 2.24) is 4.90 Å². The van der Waals surface area contributed by atoms with Gasteiger partial charge in [0.15, 0.2) is 5.54 Å². The van der Waals surface area contributed by atoms with E-state index < -0.39 is 32.4 Å². The summed E-state index contributed by atoms with van der Waals surface area (Å²) >= 11 is 0. The number of carboxylic acids is 1. The molecule has 0 aromatic heterocycles. The van der Waals surface area contributed by atoms with Crippen molar-refractivity contribution in [3.63, 3.8) is 0 Å². The normalized spacial score (nSPS) is 32.3. The number of carbonyl (C=O) groups excluding carboxylic acids is 1. The molecule has 0 spiro atoms. The standard InChI is InChI=1S/C15H17NO5S/c1-14(2)15(13(18)19,9-21-10-6-4-3-5-7-10)16-11(17)8-12(16)22(14)20/h3-7,12H,8-9H2,1-2H3,(H,18,19)/t12-,15+,22?/m1/s1. The first-order valence-corrected chi connectivity index (χ1v) is 8.18. The Morgan fingerprint density at radius 2 is 2.05 bits per heavy atom. The summed E-state index contributed by atoms with van der Waals surface area (Å²) in [7, 11) is -1.45. The molecule has 2 aliphatic rings. The molecule has 3 rings (SSSR count). The van der Waals surface area contributed by atoms with Crippen molar-refractivity contribution in [2.75, 3.05) is 6.61 Å². The third kappa shape index (κ3) is 1.75. The van der Waals surface area contributed by atoms with E-state index >= 15 is 0 Å². The molecule has 0 saturated carbocycles. The lowest BCUT2D eigenvalue weighted by atomic mass is 9.82. The van der Waals surface area contributed by atoms with E-state index in [2.05, 4.69) is 0 Å². The number of carbonyl (C=O) groups is 2. The number of amides is 1. The zero-order valence-corrected chi connectivity index (χ0v) is 13.1. The van der Waals surface area contributed by atoms with E-state index in [0.29, 0.717) is 5.75 Å². The second-order valence-corrected chi connectivity index (χ2v) is 8.16. The molecule has 2 fully saturated rings. The Hall–Kier alpha value is -1.89. The van der Waals surface area contributed by atoms with Crippen LogP contribution in [0.4, 0.5) is 0 Å². The van der Waals surface area contributed by atoms with Crippen LogP contribution in [0.2, 0.25) is 0 Å². The molecule has 3 atom stereocenters. The zero-order chi connectivity index (χ0) is 16.1. The third-order valence-electron chi connectivity index (χ3n) is 4.61. The number of nitrogens with zero attached hydrogens (tertiary/aromatic N) is 1. The second kappa shape index (κ2) is 4.81. The van der Waals surface area contributed by atoms with E-state index in [4.69, 9.17) is 4.74 Å². The number of aliphatic carboxylic acids is 1. The predicted molar refractivity (Wildman–Crippen MR) is 79.8 cm³/mol. The fraction of sp³-hybridized carbons (Fsp3) is 0.467. The van der Waals surface area contributed by atoms with Crippen LogP contribution in [0.5, 0.6) is 5.75 Å². The molecular formula is C15H17NO5S. The van der Waals surface area contributed by atoms with Crippen molar-refractivity contribution < 1.29 is 23.6 Å². The fourth-order valence-corrected chi connectivity index (χ4v) is 5.22. The number of hydrogen-bond donors (Lipinski definition) is 1. The number of carboxylic acid groups (broad SMARTS) is 1. The average Bonchev–Trinajstić information content (AvgIpc) is 2.61. The molecular weight excluding hydrogens is 306 g/mol. The van der Waals surface area contributed by atoms with Crippen LogP contribution < -0.4 is 4.74 Å². The number of benzene rings is 1. The van der Waals surface area contributed by atoms with Crippen molar-refractivity contribution in [1.29, 1.82) is 0 Å². The smallest absolute Gasteiger partial charge is 0.334 e. The van der Waals surface area contributed by atoms with E-state index in [-0.39, 0.29) is 18.9 Å². The molecule has 7 heteroatoms. The van der Waals surface area contributed by atoms with Gasteiger partial charge in [-0.05, 0) is 26.0 Å². The second-order valence-electron chi connectivity index (χ2n) is 6.00. The van der Waals surface area contributed by atoms with E-state index in [9.17, 15) is 18.9 Å². The molecule has 2 heterocycles. The number of ether oxygens (including phenoxy) is 1. The summed E-state index contributed by atoms with van der Waals surface area (Å²) < 4.78 is 17.1. The first-order chi connectivity index (χ1) is 10.3. The van der Waals surface area contributed by atoms with Crippen LogP contribution in [0.3, 0.4) is 0 Å². The van der Waals surface area contributed by atoms with Crippen molar-refractivity contribution in [2.45, 2.75) is 35.9 Å². The monoisotopic (exact) mass is 323 g/mol. The van der Waals surface area contributed by atoms with E-state index in [1.807, 2.05) is 6.07 Å². The Kier molecular flexibility index (Phi) is 3.28. The van der Waals surface area contributed by atoms with Gasteiger partial charge < -0.3 is 14.7 Å². The highest BCUT2D eigenvalue weighted by Gasteiger charge is 2.73. The Bertz CT molecular complexity index is 659. The molecule has 0 bridgehead atoms. The van der Waals surface area contributed by atoms with Crippen molar-refractivity contribution in [3.8, 4) is 5.75 Å². The Morgan fingerprint density at radius 3 is 2.59 bits per heavy atom. The van der Waals surface area contributed by atoms with Crippen LogP contribution >= 0.6 is 0 Å². The van der Waals surface area contributed by atoms with Crippen LogP contribution in [0, 0.1) is 0 Å². The van der Waals surface area contributed by atoms with Crippen LogP contribution in [-0.2, 0) is 20.4 Å². The van der Waals surface area contributed by atoms with Gasteiger partial charge in [0.2, 0.25) is 5.91 Å². The van der Waals surface area contributed by atoms with Gasteiger partial charge in [-0.3, -0.25) is 9.00 Å². The first kappa shape index (κ1) is 15.0. The van der Waals surface area contributed by atoms with Crippen molar-refractivity contribution >= 4 is 22.7 Å². The highest BCUT2D eigenvalue weighted by Crippen LogP contribution is 2.50. The summed E-state index contributed by atoms with van der Waals surface area (Å²) in [4.78, 5) is 25.2. The minimum Gasteiger partial charge on any atom is -0.490 e. The predicted octanol–water partition coefficient (Wildman–Crippen LogP) is 0.988. The van der Waals surface area contributed by atoms with Crippen molar-refractivity contribution in [3.05, 3.63) is 30.3 Å². The average molecular weight is 323 g/mol. The van der Waals surface area contributed by atoms with Crippen LogP contribution in [0.1, 0.15) is 20.3 Å². The highest BCUT2D eigenvalue weighted by atomic mass is 32.2. The molecule has 2 saturated heterocycles. The molecule has 0 aliphatic carbocycles.